The van der Waals surface area contributed by atoms with Gasteiger partial charge in [-0.15, -0.1) is 0 Å². The molecule has 2 nitrogen and oxygen atoms in total. The first kappa shape index (κ1) is 16.7. The van der Waals surface area contributed by atoms with E-state index in [1.165, 1.54) is 6.42 Å². The molecule has 0 saturated heterocycles. The van der Waals surface area contributed by atoms with Crippen LogP contribution in [0.4, 0.5) is 13.2 Å². The van der Waals surface area contributed by atoms with Crippen LogP contribution in [0.5, 0.6) is 0 Å². The second kappa shape index (κ2) is 8.75. The van der Waals surface area contributed by atoms with E-state index in [9.17, 15) is 13.2 Å². The van der Waals surface area contributed by atoms with Crippen LogP contribution >= 0.6 is 0 Å². The lowest BCUT2D eigenvalue weighted by atomic mass is 10.0. The summed E-state index contributed by atoms with van der Waals surface area (Å²) in [7, 11) is 0. The van der Waals surface area contributed by atoms with Gasteiger partial charge in [-0.05, 0) is 19.3 Å². The van der Waals surface area contributed by atoms with Crippen LogP contribution in [-0.4, -0.2) is 32.0 Å². The Hall–Kier alpha value is -0.290. The quantitative estimate of drug-likeness (QED) is 0.638. The van der Waals surface area contributed by atoms with Crippen molar-refractivity contribution in [1.82, 2.24) is 5.32 Å². The molecule has 0 aromatic carbocycles. The zero-order valence-corrected chi connectivity index (χ0v) is 10.9. The van der Waals surface area contributed by atoms with E-state index in [0.29, 0.717) is 18.5 Å². The van der Waals surface area contributed by atoms with Gasteiger partial charge in [-0.25, -0.2) is 0 Å². The first-order chi connectivity index (χ1) is 7.81. The highest BCUT2D eigenvalue weighted by atomic mass is 19.4. The zero-order chi connectivity index (χ0) is 13.3. The van der Waals surface area contributed by atoms with E-state index in [4.69, 9.17) is 0 Å². The van der Waals surface area contributed by atoms with Gasteiger partial charge in [0.15, 0.2) is 0 Å². The second-order valence-electron chi connectivity index (χ2n) is 4.85. The molecule has 104 valence electrons. The van der Waals surface area contributed by atoms with Gasteiger partial charge in [0.25, 0.3) is 0 Å². The Balaban J connectivity index is 3.30. The molecule has 0 spiro atoms. The van der Waals surface area contributed by atoms with E-state index in [2.05, 4.69) is 23.9 Å². The average molecular weight is 255 g/mol. The fourth-order valence-corrected chi connectivity index (χ4v) is 1.50. The summed E-state index contributed by atoms with van der Waals surface area (Å²) in [5.74, 6) is 0.706. The molecule has 1 unspecified atom stereocenters. The molecule has 0 radical (unpaired) electrons. The van der Waals surface area contributed by atoms with Crippen LogP contribution in [0.2, 0.25) is 0 Å². The molecule has 5 heteroatoms. The maximum atomic E-state index is 11.7. The molecule has 0 fully saturated rings. The number of ether oxygens (including phenoxy) is 1. The van der Waals surface area contributed by atoms with Gasteiger partial charge in [-0.2, -0.15) is 13.2 Å². The first-order valence-electron chi connectivity index (χ1n) is 6.19. The lowest BCUT2D eigenvalue weighted by Crippen LogP contribution is -2.30. The van der Waals surface area contributed by atoms with Gasteiger partial charge in [-0.3, -0.25) is 0 Å². The van der Waals surface area contributed by atoms with E-state index in [1.54, 1.807) is 0 Å². The molecular weight excluding hydrogens is 231 g/mol. The molecule has 0 bridgehead atoms. The summed E-state index contributed by atoms with van der Waals surface area (Å²) in [6, 6.07) is 0.336. The number of hydrogen-bond donors (Lipinski definition) is 1. The Morgan fingerprint density at radius 2 is 1.76 bits per heavy atom. The third kappa shape index (κ3) is 13.6. The minimum Gasteiger partial charge on any atom is -0.371 e. The largest absolute Gasteiger partial charge is 0.411 e. The van der Waals surface area contributed by atoms with Gasteiger partial charge in [0, 0.05) is 12.6 Å². The minimum atomic E-state index is -4.22. The SMILES string of the molecule is CC(C)CCCC(C)NCCOCC(F)(F)F. The van der Waals surface area contributed by atoms with Crippen LogP contribution in [0, 0.1) is 5.92 Å². The number of rotatable bonds is 9. The van der Waals surface area contributed by atoms with Crippen LogP contribution in [0.15, 0.2) is 0 Å². The number of alkyl halides is 3. The Morgan fingerprint density at radius 3 is 2.29 bits per heavy atom. The highest BCUT2D eigenvalue weighted by Gasteiger charge is 2.27. The van der Waals surface area contributed by atoms with Crippen LogP contribution < -0.4 is 5.32 Å². The van der Waals surface area contributed by atoms with Crippen LogP contribution in [-0.2, 0) is 4.74 Å². The van der Waals surface area contributed by atoms with Crippen LogP contribution in [0.3, 0.4) is 0 Å². The fourth-order valence-electron chi connectivity index (χ4n) is 1.50. The first-order valence-corrected chi connectivity index (χ1v) is 6.19. The predicted molar refractivity (Wildman–Crippen MR) is 63.0 cm³/mol. The van der Waals surface area contributed by atoms with Crippen molar-refractivity contribution in [3.63, 3.8) is 0 Å². The summed E-state index contributed by atoms with van der Waals surface area (Å²) in [6.45, 7) is 5.83. The summed E-state index contributed by atoms with van der Waals surface area (Å²) >= 11 is 0. The highest BCUT2D eigenvalue weighted by Crippen LogP contribution is 2.14. The molecule has 0 aromatic rings. The van der Waals surface area contributed by atoms with Gasteiger partial charge in [0.05, 0.1) is 6.61 Å². The lowest BCUT2D eigenvalue weighted by molar-refractivity contribution is -0.173. The van der Waals surface area contributed by atoms with Gasteiger partial charge in [0.2, 0.25) is 0 Å². The summed E-state index contributed by atoms with van der Waals surface area (Å²) in [4.78, 5) is 0. The summed E-state index contributed by atoms with van der Waals surface area (Å²) in [5.41, 5.74) is 0. The van der Waals surface area contributed by atoms with Crippen LogP contribution in [0.1, 0.15) is 40.0 Å². The minimum absolute atomic E-state index is 0.105. The van der Waals surface area contributed by atoms with E-state index < -0.39 is 12.8 Å². The Labute approximate surface area is 102 Å². The Bertz CT molecular complexity index is 183. The maximum Gasteiger partial charge on any atom is 0.411 e. The molecule has 0 amide bonds. The number of nitrogens with one attached hydrogen (secondary N) is 1. The van der Waals surface area contributed by atoms with Crippen molar-refractivity contribution < 1.29 is 17.9 Å². The van der Waals surface area contributed by atoms with Gasteiger partial charge >= 0.3 is 6.18 Å². The standard InChI is InChI=1S/C12H24F3NO/c1-10(2)5-4-6-11(3)16-7-8-17-9-12(13,14)15/h10-11,16H,4-9H2,1-3H3. The fraction of sp³-hybridized carbons (Fsp3) is 1.00. The second-order valence-corrected chi connectivity index (χ2v) is 4.85. The molecular formula is C12H24F3NO. The van der Waals surface area contributed by atoms with E-state index in [1.807, 2.05) is 6.92 Å². The van der Waals surface area contributed by atoms with Crippen LogP contribution in [0.25, 0.3) is 0 Å². The van der Waals surface area contributed by atoms with E-state index in [-0.39, 0.29) is 6.61 Å². The Morgan fingerprint density at radius 1 is 1.12 bits per heavy atom. The predicted octanol–water partition coefficient (Wildman–Crippen LogP) is 3.37. The van der Waals surface area contributed by atoms with Crippen molar-refractivity contribution in [1.29, 1.82) is 0 Å². The molecule has 0 aliphatic carbocycles. The van der Waals surface area contributed by atoms with Gasteiger partial charge in [0.1, 0.15) is 6.61 Å². The molecule has 0 aliphatic heterocycles. The zero-order valence-electron chi connectivity index (χ0n) is 10.9. The highest BCUT2D eigenvalue weighted by molar-refractivity contribution is 4.61. The van der Waals surface area contributed by atoms with E-state index in [0.717, 1.165) is 12.8 Å². The summed E-state index contributed by atoms with van der Waals surface area (Å²) in [6.07, 6.45) is -0.827. The van der Waals surface area contributed by atoms with Crippen molar-refractivity contribution in [3.05, 3.63) is 0 Å². The van der Waals surface area contributed by atoms with Crippen molar-refractivity contribution >= 4 is 0 Å². The molecule has 1 N–H and O–H groups in total. The van der Waals surface area contributed by atoms with Gasteiger partial charge < -0.3 is 10.1 Å². The average Bonchev–Trinajstić information content (AvgIpc) is 2.14. The van der Waals surface area contributed by atoms with E-state index >= 15 is 0 Å². The molecule has 0 aromatic heterocycles. The third-order valence-corrected chi connectivity index (χ3v) is 2.42. The van der Waals surface area contributed by atoms with Crippen molar-refractivity contribution in [2.24, 2.45) is 5.92 Å². The molecule has 1 atom stereocenters. The van der Waals surface area contributed by atoms with Crippen molar-refractivity contribution in [3.8, 4) is 0 Å². The van der Waals surface area contributed by atoms with Crippen molar-refractivity contribution in [2.45, 2.75) is 52.3 Å². The molecule has 0 heterocycles. The van der Waals surface area contributed by atoms with Gasteiger partial charge in [-0.1, -0.05) is 26.7 Å². The lowest BCUT2D eigenvalue weighted by Gasteiger charge is -2.14. The molecule has 17 heavy (non-hydrogen) atoms. The van der Waals surface area contributed by atoms with Crippen molar-refractivity contribution in [2.75, 3.05) is 19.8 Å². The number of hydrogen-bond acceptors (Lipinski definition) is 2. The maximum absolute atomic E-state index is 11.7. The monoisotopic (exact) mass is 255 g/mol. The molecule has 0 saturated carbocycles. The smallest absolute Gasteiger partial charge is 0.371 e. The number of halogens is 3. The topological polar surface area (TPSA) is 21.3 Å². The normalized spacial score (nSPS) is 14.3. The molecule has 0 rings (SSSR count). The summed E-state index contributed by atoms with van der Waals surface area (Å²) < 4.78 is 39.7. The third-order valence-electron chi connectivity index (χ3n) is 2.42. The molecule has 0 aliphatic rings. The summed E-state index contributed by atoms with van der Waals surface area (Å²) in [5, 5.41) is 3.15. The Kier molecular flexibility index (Phi) is 8.60.